The third kappa shape index (κ3) is 3.83. The molecule has 17 heavy (non-hydrogen) atoms. The molecule has 94 valence electrons. The lowest BCUT2D eigenvalue weighted by atomic mass is 10.0. The van der Waals surface area contributed by atoms with Crippen molar-refractivity contribution in [2.24, 2.45) is 0 Å². The number of benzene rings is 1. The van der Waals surface area contributed by atoms with E-state index in [4.69, 9.17) is 0 Å². The molecule has 0 radical (unpaired) electrons. The zero-order chi connectivity index (χ0) is 11.9. The van der Waals surface area contributed by atoms with E-state index in [0.717, 1.165) is 6.54 Å². The summed E-state index contributed by atoms with van der Waals surface area (Å²) in [5, 5.41) is 3.56. The summed E-state index contributed by atoms with van der Waals surface area (Å²) in [6.07, 6.45) is 3.71. The fourth-order valence-corrected chi connectivity index (χ4v) is 2.66. The average molecular weight is 232 g/mol. The molecule has 1 unspecified atom stereocenters. The minimum Gasteiger partial charge on any atom is -0.315 e. The quantitative estimate of drug-likeness (QED) is 0.857. The van der Waals surface area contributed by atoms with Crippen LogP contribution in [0.5, 0.6) is 0 Å². The summed E-state index contributed by atoms with van der Waals surface area (Å²) < 4.78 is 0. The first kappa shape index (κ1) is 12.6. The van der Waals surface area contributed by atoms with Gasteiger partial charge in [0.15, 0.2) is 0 Å². The molecule has 0 aromatic heterocycles. The van der Waals surface area contributed by atoms with Crippen LogP contribution in [0, 0.1) is 0 Å². The van der Waals surface area contributed by atoms with Crippen LogP contribution in [-0.4, -0.2) is 37.1 Å². The standard InChI is InChI=1S/C15H24N2/c1-2-10-17-11-6-9-16-13-15(17)12-14-7-4-3-5-8-14/h3-5,7-8,15-16H,2,6,9-13H2,1H3. The molecule has 1 fully saturated rings. The van der Waals surface area contributed by atoms with E-state index in [0.29, 0.717) is 6.04 Å². The van der Waals surface area contributed by atoms with Crippen molar-refractivity contribution < 1.29 is 0 Å². The lowest BCUT2D eigenvalue weighted by Crippen LogP contribution is -2.41. The van der Waals surface area contributed by atoms with E-state index in [1.807, 2.05) is 0 Å². The van der Waals surface area contributed by atoms with Gasteiger partial charge in [-0.2, -0.15) is 0 Å². The van der Waals surface area contributed by atoms with Crippen LogP contribution in [0.2, 0.25) is 0 Å². The highest BCUT2D eigenvalue weighted by molar-refractivity contribution is 5.16. The molecule has 1 atom stereocenters. The Morgan fingerprint density at radius 2 is 2.12 bits per heavy atom. The van der Waals surface area contributed by atoms with Gasteiger partial charge in [0.25, 0.3) is 0 Å². The van der Waals surface area contributed by atoms with Crippen LogP contribution >= 0.6 is 0 Å². The second kappa shape index (κ2) is 6.77. The Balaban J connectivity index is 1.99. The van der Waals surface area contributed by atoms with Gasteiger partial charge in [0.2, 0.25) is 0 Å². The molecule has 1 aliphatic heterocycles. The maximum Gasteiger partial charge on any atom is 0.0260 e. The normalized spacial score (nSPS) is 22.3. The van der Waals surface area contributed by atoms with Crippen LogP contribution in [0.3, 0.4) is 0 Å². The second-order valence-electron chi connectivity index (χ2n) is 4.94. The molecule has 1 N–H and O–H groups in total. The third-order valence-corrected chi connectivity index (χ3v) is 3.52. The van der Waals surface area contributed by atoms with Crippen molar-refractivity contribution >= 4 is 0 Å². The summed E-state index contributed by atoms with van der Waals surface area (Å²) in [7, 11) is 0. The van der Waals surface area contributed by atoms with Gasteiger partial charge in [-0.3, -0.25) is 4.90 Å². The topological polar surface area (TPSA) is 15.3 Å². The molecule has 1 aromatic rings. The highest BCUT2D eigenvalue weighted by Gasteiger charge is 2.19. The van der Waals surface area contributed by atoms with Gasteiger partial charge < -0.3 is 5.32 Å². The Kier molecular flexibility index (Phi) is 5.02. The first-order valence-corrected chi connectivity index (χ1v) is 6.89. The molecule has 1 aliphatic rings. The van der Waals surface area contributed by atoms with Crippen molar-refractivity contribution in [3.63, 3.8) is 0 Å². The first-order chi connectivity index (χ1) is 8.40. The van der Waals surface area contributed by atoms with Crippen LogP contribution < -0.4 is 5.32 Å². The summed E-state index contributed by atoms with van der Waals surface area (Å²) >= 11 is 0. The van der Waals surface area contributed by atoms with Crippen molar-refractivity contribution in [3.05, 3.63) is 35.9 Å². The summed E-state index contributed by atoms with van der Waals surface area (Å²) in [5.74, 6) is 0. The van der Waals surface area contributed by atoms with E-state index >= 15 is 0 Å². The number of hydrogen-bond acceptors (Lipinski definition) is 2. The molecule has 0 amide bonds. The van der Waals surface area contributed by atoms with E-state index in [1.165, 1.54) is 44.5 Å². The van der Waals surface area contributed by atoms with Crippen LogP contribution in [-0.2, 0) is 6.42 Å². The molecule has 1 aromatic carbocycles. The Labute approximate surface area is 105 Å². The fourth-order valence-electron chi connectivity index (χ4n) is 2.66. The van der Waals surface area contributed by atoms with Gasteiger partial charge in [0, 0.05) is 12.6 Å². The van der Waals surface area contributed by atoms with E-state index in [9.17, 15) is 0 Å². The Morgan fingerprint density at radius 3 is 2.88 bits per heavy atom. The largest absolute Gasteiger partial charge is 0.315 e. The highest BCUT2D eigenvalue weighted by Crippen LogP contribution is 2.11. The highest BCUT2D eigenvalue weighted by atomic mass is 15.2. The first-order valence-electron chi connectivity index (χ1n) is 6.89. The molecule has 1 heterocycles. The molecule has 2 heteroatoms. The zero-order valence-electron chi connectivity index (χ0n) is 10.9. The van der Waals surface area contributed by atoms with Crippen molar-refractivity contribution in [1.29, 1.82) is 0 Å². The van der Waals surface area contributed by atoms with Crippen molar-refractivity contribution in [2.75, 3.05) is 26.2 Å². The number of hydrogen-bond donors (Lipinski definition) is 1. The van der Waals surface area contributed by atoms with Gasteiger partial charge in [0.1, 0.15) is 0 Å². The van der Waals surface area contributed by atoms with Crippen molar-refractivity contribution in [1.82, 2.24) is 10.2 Å². The summed E-state index contributed by atoms with van der Waals surface area (Å²) in [6, 6.07) is 11.5. The Hall–Kier alpha value is -0.860. The average Bonchev–Trinajstić information content (AvgIpc) is 2.57. The summed E-state index contributed by atoms with van der Waals surface area (Å²) in [5.41, 5.74) is 1.46. The molecular formula is C15H24N2. The van der Waals surface area contributed by atoms with Crippen molar-refractivity contribution in [3.8, 4) is 0 Å². The van der Waals surface area contributed by atoms with Gasteiger partial charge in [-0.25, -0.2) is 0 Å². The SMILES string of the molecule is CCCN1CCCNCC1Cc1ccccc1. The predicted molar refractivity (Wildman–Crippen MR) is 73.3 cm³/mol. The lowest BCUT2D eigenvalue weighted by Gasteiger charge is -2.29. The third-order valence-electron chi connectivity index (χ3n) is 3.52. The number of nitrogens with one attached hydrogen (secondary N) is 1. The van der Waals surface area contributed by atoms with E-state index < -0.39 is 0 Å². The van der Waals surface area contributed by atoms with Gasteiger partial charge in [-0.05, 0) is 44.5 Å². The van der Waals surface area contributed by atoms with E-state index in [-0.39, 0.29) is 0 Å². The summed E-state index contributed by atoms with van der Waals surface area (Å²) in [4.78, 5) is 2.66. The van der Waals surface area contributed by atoms with Crippen LogP contribution in [0.1, 0.15) is 25.3 Å². The molecule has 0 bridgehead atoms. The van der Waals surface area contributed by atoms with Gasteiger partial charge in [-0.15, -0.1) is 0 Å². The molecule has 0 spiro atoms. The smallest absolute Gasteiger partial charge is 0.0260 e. The zero-order valence-corrected chi connectivity index (χ0v) is 10.9. The minimum absolute atomic E-state index is 0.667. The van der Waals surface area contributed by atoms with E-state index in [2.05, 4.69) is 47.5 Å². The molecule has 0 aliphatic carbocycles. The maximum atomic E-state index is 3.56. The van der Waals surface area contributed by atoms with Crippen LogP contribution in [0.25, 0.3) is 0 Å². The minimum atomic E-state index is 0.667. The fraction of sp³-hybridized carbons (Fsp3) is 0.600. The van der Waals surface area contributed by atoms with Crippen molar-refractivity contribution in [2.45, 2.75) is 32.2 Å². The lowest BCUT2D eigenvalue weighted by molar-refractivity contribution is 0.208. The predicted octanol–water partition coefficient (Wildman–Crippen LogP) is 2.30. The van der Waals surface area contributed by atoms with E-state index in [1.54, 1.807) is 0 Å². The number of rotatable bonds is 4. The molecule has 2 nitrogen and oxygen atoms in total. The summed E-state index contributed by atoms with van der Waals surface area (Å²) in [6.45, 7) is 7.07. The van der Waals surface area contributed by atoms with Gasteiger partial charge in [0.05, 0.1) is 0 Å². The molecule has 1 saturated heterocycles. The van der Waals surface area contributed by atoms with Crippen LogP contribution in [0.4, 0.5) is 0 Å². The van der Waals surface area contributed by atoms with Crippen LogP contribution in [0.15, 0.2) is 30.3 Å². The second-order valence-corrected chi connectivity index (χ2v) is 4.94. The Bertz CT molecular complexity index is 310. The maximum absolute atomic E-state index is 3.56. The number of nitrogens with zero attached hydrogens (tertiary/aromatic N) is 1. The molecular weight excluding hydrogens is 208 g/mol. The Morgan fingerprint density at radius 1 is 1.29 bits per heavy atom. The monoisotopic (exact) mass is 232 g/mol. The van der Waals surface area contributed by atoms with Gasteiger partial charge in [-0.1, -0.05) is 37.3 Å². The van der Waals surface area contributed by atoms with Gasteiger partial charge >= 0.3 is 0 Å². The molecule has 0 saturated carbocycles. The molecule has 2 rings (SSSR count).